The van der Waals surface area contributed by atoms with Gasteiger partial charge in [-0.1, -0.05) is 6.92 Å². The predicted octanol–water partition coefficient (Wildman–Crippen LogP) is 4.37. The Morgan fingerprint density at radius 3 is 3.00 bits per heavy atom. The lowest BCUT2D eigenvalue weighted by atomic mass is 10.1. The summed E-state index contributed by atoms with van der Waals surface area (Å²) in [5.74, 6) is 0. The molecule has 1 atom stereocenters. The van der Waals surface area contributed by atoms with Crippen molar-refractivity contribution >= 4 is 32.1 Å². The van der Waals surface area contributed by atoms with Crippen LogP contribution >= 0.6 is 22.7 Å². The Bertz CT molecular complexity index is 667. The van der Waals surface area contributed by atoms with Crippen LogP contribution in [0.3, 0.4) is 0 Å². The van der Waals surface area contributed by atoms with E-state index in [4.69, 9.17) is 0 Å². The molecule has 5 heteroatoms. The molecule has 21 heavy (non-hydrogen) atoms. The molecule has 0 bridgehead atoms. The van der Waals surface area contributed by atoms with E-state index in [0.29, 0.717) is 6.04 Å². The second kappa shape index (κ2) is 6.73. The maximum atomic E-state index is 4.26. The van der Waals surface area contributed by atoms with E-state index >= 15 is 0 Å². The van der Waals surface area contributed by atoms with E-state index < -0.39 is 0 Å². The Balaban J connectivity index is 1.72. The molecule has 0 radical (unpaired) electrons. The summed E-state index contributed by atoms with van der Waals surface area (Å²) in [5.41, 5.74) is 1.32. The Labute approximate surface area is 133 Å². The lowest BCUT2D eigenvalue weighted by Gasteiger charge is -2.16. The summed E-state index contributed by atoms with van der Waals surface area (Å²) in [6.45, 7) is 3.29. The van der Waals surface area contributed by atoms with E-state index in [0.717, 1.165) is 19.4 Å². The minimum atomic E-state index is 0.453. The van der Waals surface area contributed by atoms with Gasteiger partial charge in [-0.2, -0.15) is 5.10 Å². The van der Waals surface area contributed by atoms with Gasteiger partial charge in [-0.25, -0.2) is 0 Å². The van der Waals surface area contributed by atoms with Crippen molar-refractivity contribution in [3.63, 3.8) is 0 Å². The molecule has 3 nitrogen and oxygen atoms in total. The van der Waals surface area contributed by atoms with Gasteiger partial charge in [-0.3, -0.25) is 4.68 Å². The average Bonchev–Trinajstić information content (AvgIpc) is 3.14. The Hall–Kier alpha value is -1.17. The van der Waals surface area contributed by atoms with E-state index in [1.54, 1.807) is 0 Å². The maximum absolute atomic E-state index is 4.26. The minimum absolute atomic E-state index is 0.453. The van der Waals surface area contributed by atoms with Gasteiger partial charge >= 0.3 is 0 Å². The summed E-state index contributed by atoms with van der Waals surface area (Å²) in [5, 5.41) is 10.1. The molecule has 0 amide bonds. The summed E-state index contributed by atoms with van der Waals surface area (Å²) in [6.07, 6.45) is 7.46. The van der Waals surface area contributed by atoms with Crippen molar-refractivity contribution < 1.29 is 0 Å². The highest BCUT2D eigenvalue weighted by molar-refractivity contribution is 7.26. The molecule has 0 aliphatic heterocycles. The monoisotopic (exact) mass is 319 g/mol. The van der Waals surface area contributed by atoms with Crippen molar-refractivity contribution in [2.45, 2.75) is 32.2 Å². The summed E-state index contributed by atoms with van der Waals surface area (Å²) >= 11 is 3.77. The molecule has 0 spiro atoms. The fraction of sp³-hybridized carbons (Fsp3) is 0.438. The number of hydrogen-bond acceptors (Lipinski definition) is 4. The Morgan fingerprint density at radius 2 is 2.29 bits per heavy atom. The normalized spacial score (nSPS) is 13.0. The standard InChI is InChI=1S/C16H21N3S2/c1-3-7-17-13(5-4-12-10-18-19(2)11-12)15-9-16-14(21-15)6-8-20-16/h6,8-11,13,17H,3-5,7H2,1-2H3. The molecule has 0 saturated carbocycles. The summed E-state index contributed by atoms with van der Waals surface area (Å²) in [4.78, 5) is 1.47. The molecule has 0 saturated heterocycles. The highest BCUT2D eigenvalue weighted by Gasteiger charge is 2.15. The zero-order valence-corrected chi connectivity index (χ0v) is 14.1. The van der Waals surface area contributed by atoms with Crippen molar-refractivity contribution in [1.29, 1.82) is 0 Å². The fourth-order valence-corrected chi connectivity index (χ4v) is 4.76. The second-order valence-electron chi connectivity index (χ2n) is 5.37. The largest absolute Gasteiger partial charge is 0.309 e. The average molecular weight is 319 g/mol. The number of aromatic nitrogens is 2. The van der Waals surface area contributed by atoms with Crippen LogP contribution in [0.1, 0.15) is 36.2 Å². The number of rotatable bonds is 7. The lowest BCUT2D eigenvalue weighted by molar-refractivity contribution is 0.506. The highest BCUT2D eigenvalue weighted by Crippen LogP contribution is 2.34. The molecule has 0 aromatic carbocycles. The van der Waals surface area contributed by atoms with Crippen molar-refractivity contribution in [3.8, 4) is 0 Å². The van der Waals surface area contributed by atoms with Gasteiger partial charge in [0.15, 0.2) is 0 Å². The zero-order chi connectivity index (χ0) is 14.7. The zero-order valence-electron chi connectivity index (χ0n) is 12.5. The summed E-state index contributed by atoms with van der Waals surface area (Å²) in [6, 6.07) is 5.04. The number of fused-ring (bicyclic) bond motifs is 1. The van der Waals surface area contributed by atoms with Gasteiger partial charge in [0, 0.05) is 33.6 Å². The van der Waals surface area contributed by atoms with Crippen LogP contribution < -0.4 is 5.32 Å². The summed E-state index contributed by atoms with van der Waals surface area (Å²) < 4.78 is 4.71. The lowest BCUT2D eigenvalue weighted by Crippen LogP contribution is -2.21. The quantitative estimate of drug-likeness (QED) is 0.701. The van der Waals surface area contributed by atoms with Crippen LogP contribution in [0.5, 0.6) is 0 Å². The fourth-order valence-electron chi connectivity index (χ4n) is 2.53. The third-order valence-corrected chi connectivity index (χ3v) is 5.83. The van der Waals surface area contributed by atoms with Gasteiger partial charge in [-0.05, 0) is 48.9 Å². The van der Waals surface area contributed by atoms with Crippen LogP contribution in [0.2, 0.25) is 0 Å². The van der Waals surface area contributed by atoms with Crippen LogP contribution in [-0.4, -0.2) is 16.3 Å². The van der Waals surface area contributed by atoms with Crippen molar-refractivity contribution in [1.82, 2.24) is 15.1 Å². The third-order valence-electron chi connectivity index (χ3n) is 3.62. The first-order valence-corrected chi connectivity index (χ1v) is 9.13. The molecule has 112 valence electrons. The molecule has 3 rings (SSSR count). The molecule has 3 aromatic rings. The van der Waals surface area contributed by atoms with Gasteiger partial charge in [0.1, 0.15) is 0 Å². The van der Waals surface area contributed by atoms with Gasteiger partial charge < -0.3 is 5.32 Å². The smallest absolute Gasteiger partial charge is 0.0521 e. The molecule has 1 N–H and O–H groups in total. The molecule has 0 aliphatic rings. The van der Waals surface area contributed by atoms with Gasteiger partial charge in [0.05, 0.1) is 6.20 Å². The molecule has 3 aromatic heterocycles. The first-order chi connectivity index (χ1) is 10.3. The van der Waals surface area contributed by atoms with Crippen LogP contribution in [-0.2, 0) is 13.5 Å². The third kappa shape index (κ3) is 3.54. The molecule has 0 fully saturated rings. The number of nitrogens with zero attached hydrogens (tertiary/aromatic N) is 2. The van der Waals surface area contributed by atoms with Crippen molar-refractivity contribution in [3.05, 3.63) is 40.3 Å². The topological polar surface area (TPSA) is 29.9 Å². The Kier molecular flexibility index (Phi) is 4.73. The van der Waals surface area contributed by atoms with Crippen molar-refractivity contribution in [2.75, 3.05) is 6.54 Å². The first kappa shape index (κ1) is 14.8. The first-order valence-electron chi connectivity index (χ1n) is 7.44. The maximum Gasteiger partial charge on any atom is 0.0521 e. The van der Waals surface area contributed by atoms with Crippen LogP contribution in [0.4, 0.5) is 0 Å². The molecular weight excluding hydrogens is 298 g/mol. The van der Waals surface area contributed by atoms with Gasteiger partial charge in [0.25, 0.3) is 0 Å². The van der Waals surface area contributed by atoms with E-state index in [2.05, 4.69) is 41.0 Å². The molecule has 0 aliphatic carbocycles. The van der Waals surface area contributed by atoms with Crippen LogP contribution in [0.15, 0.2) is 29.9 Å². The van der Waals surface area contributed by atoms with E-state index in [9.17, 15) is 0 Å². The number of thiophene rings is 2. The minimum Gasteiger partial charge on any atom is -0.309 e. The molecule has 1 unspecified atom stereocenters. The van der Waals surface area contributed by atoms with Gasteiger partial charge in [0.2, 0.25) is 0 Å². The van der Waals surface area contributed by atoms with Crippen LogP contribution in [0.25, 0.3) is 9.40 Å². The summed E-state index contributed by atoms with van der Waals surface area (Å²) in [7, 11) is 1.98. The SMILES string of the molecule is CCCNC(CCc1cnn(C)c1)c1cc2sccc2s1. The number of aryl methyl sites for hydroxylation is 2. The van der Waals surface area contributed by atoms with E-state index in [1.165, 1.54) is 26.3 Å². The van der Waals surface area contributed by atoms with E-state index in [1.807, 2.05) is 40.6 Å². The predicted molar refractivity (Wildman–Crippen MR) is 92.3 cm³/mol. The number of nitrogens with one attached hydrogen (secondary N) is 1. The van der Waals surface area contributed by atoms with E-state index in [-0.39, 0.29) is 0 Å². The van der Waals surface area contributed by atoms with Crippen molar-refractivity contribution in [2.24, 2.45) is 7.05 Å². The molecule has 3 heterocycles. The second-order valence-corrected chi connectivity index (χ2v) is 7.43. The number of hydrogen-bond donors (Lipinski definition) is 1. The Morgan fingerprint density at radius 1 is 1.38 bits per heavy atom. The van der Waals surface area contributed by atoms with Crippen LogP contribution in [0, 0.1) is 0 Å². The van der Waals surface area contributed by atoms with Gasteiger partial charge in [-0.15, -0.1) is 22.7 Å². The highest BCUT2D eigenvalue weighted by atomic mass is 32.1. The molecular formula is C16H21N3S2.